The van der Waals surface area contributed by atoms with Crippen LogP contribution in [-0.4, -0.2) is 6.54 Å². The van der Waals surface area contributed by atoms with Crippen molar-refractivity contribution in [3.63, 3.8) is 0 Å². The van der Waals surface area contributed by atoms with Gasteiger partial charge in [-0.1, -0.05) is 40.5 Å². The van der Waals surface area contributed by atoms with E-state index in [1.54, 1.807) is 0 Å². The summed E-state index contributed by atoms with van der Waals surface area (Å²) >= 11 is 0. The van der Waals surface area contributed by atoms with Gasteiger partial charge in [0.2, 0.25) is 0 Å². The molecule has 0 aromatic heterocycles. The maximum Gasteiger partial charge on any atom is -0.00257 e. The first-order valence-electron chi connectivity index (χ1n) is 6.05. The molecule has 0 heterocycles. The van der Waals surface area contributed by atoms with Gasteiger partial charge in [-0.25, -0.2) is 0 Å². The Morgan fingerprint density at radius 3 is 2.50 bits per heavy atom. The molecule has 1 nitrogen and oxygen atoms in total. The van der Waals surface area contributed by atoms with Crippen LogP contribution in [0.2, 0.25) is 0 Å². The van der Waals surface area contributed by atoms with Crippen LogP contribution in [0.25, 0.3) is 0 Å². The molecule has 2 N–H and O–H groups in total. The minimum Gasteiger partial charge on any atom is -0.330 e. The fourth-order valence-electron chi connectivity index (χ4n) is 2.89. The van der Waals surface area contributed by atoms with Crippen LogP contribution >= 0.6 is 0 Å². The first kappa shape index (κ1) is 12.0. The van der Waals surface area contributed by atoms with Gasteiger partial charge in [-0.15, -0.1) is 0 Å². The minimum atomic E-state index is 0.345. The molecule has 0 bridgehead atoms. The highest BCUT2D eigenvalue weighted by molar-refractivity contribution is 4.83. The van der Waals surface area contributed by atoms with Crippen LogP contribution in [0.3, 0.4) is 0 Å². The predicted octanol–water partition coefficient (Wildman–Crippen LogP) is 3.58. The number of nitrogens with two attached hydrogens (primary N) is 1. The maximum atomic E-state index is 5.79. The van der Waals surface area contributed by atoms with Crippen LogP contribution in [0.1, 0.15) is 59.8 Å². The lowest BCUT2D eigenvalue weighted by Gasteiger charge is -2.38. The highest BCUT2D eigenvalue weighted by Crippen LogP contribution is 2.42. The zero-order valence-corrected chi connectivity index (χ0v) is 10.4. The highest BCUT2D eigenvalue weighted by Gasteiger charge is 2.31. The second-order valence-corrected chi connectivity index (χ2v) is 6.70. The highest BCUT2D eigenvalue weighted by atomic mass is 14.6. The molecule has 0 saturated heterocycles. The van der Waals surface area contributed by atoms with Gasteiger partial charge >= 0.3 is 0 Å². The first-order valence-corrected chi connectivity index (χ1v) is 6.05. The first-order chi connectivity index (χ1) is 6.35. The predicted molar refractivity (Wildman–Crippen MR) is 63.2 cm³/mol. The van der Waals surface area contributed by atoms with Crippen molar-refractivity contribution < 1.29 is 0 Å². The van der Waals surface area contributed by atoms with Crippen molar-refractivity contribution in [2.45, 2.75) is 59.8 Å². The molecule has 1 heteroatoms. The summed E-state index contributed by atoms with van der Waals surface area (Å²) in [4.78, 5) is 0. The number of hydrogen-bond acceptors (Lipinski definition) is 1. The Morgan fingerprint density at radius 1 is 1.36 bits per heavy atom. The van der Waals surface area contributed by atoms with E-state index in [1.807, 2.05) is 0 Å². The van der Waals surface area contributed by atoms with Crippen LogP contribution < -0.4 is 5.73 Å². The molecule has 84 valence electrons. The van der Waals surface area contributed by atoms with E-state index in [2.05, 4.69) is 27.7 Å². The monoisotopic (exact) mass is 197 g/mol. The van der Waals surface area contributed by atoms with E-state index in [0.29, 0.717) is 10.8 Å². The van der Waals surface area contributed by atoms with Crippen LogP contribution in [0.4, 0.5) is 0 Å². The summed E-state index contributed by atoms with van der Waals surface area (Å²) in [6.07, 6.45) is 6.96. The second-order valence-electron chi connectivity index (χ2n) is 6.70. The Labute approximate surface area is 89.5 Å². The molecule has 14 heavy (non-hydrogen) atoms. The largest absolute Gasteiger partial charge is 0.330 e. The SMILES string of the molecule is CC(C)(CN)CC1CCCC(C)(C)C1. The van der Waals surface area contributed by atoms with Crippen molar-refractivity contribution in [3.8, 4) is 0 Å². The second kappa shape index (κ2) is 4.22. The Morgan fingerprint density at radius 2 is 2.00 bits per heavy atom. The molecule has 0 aromatic carbocycles. The minimum absolute atomic E-state index is 0.345. The number of hydrogen-bond donors (Lipinski definition) is 1. The van der Waals surface area contributed by atoms with Crippen molar-refractivity contribution in [3.05, 3.63) is 0 Å². The molecule has 0 radical (unpaired) electrons. The average Bonchev–Trinajstić information content (AvgIpc) is 2.01. The summed E-state index contributed by atoms with van der Waals surface area (Å²) in [5, 5.41) is 0. The molecule has 1 rings (SSSR count). The Bertz CT molecular complexity index is 182. The number of rotatable bonds is 3. The lowest BCUT2D eigenvalue weighted by atomic mass is 9.68. The summed E-state index contributed by atoms with van der Waals surface area (Å²) in [5.41, 5.74) is 6.71. The molecule has 1 aliphatic carbocycles. The summed E-state index contributed by atoms with van der Waals surface area (Å²) in [5.74, 6) is 0.914. The van der Waals surface area contributed by atoms with Gasteiger partial charge in [0.15, 0.2) is 0 Å². The van der Waals surface area contributed by atoms with E-state index in [0.717, 1.165) is 12.5 Å². The summed E-state index contributed by atoms with van der Waals surface area (Å²) in [6.45, 7) is 10.2. The van der Waals surface area contributed by atoms with Crippen molar-refractivity contribution >= 4 is 0 Å². The van der Waals surface area contributed by atoms with Gasteiger partial charge in [0.05, 0.1) is 0 Å². The van der Waals surface area contributed by atoms with Crippen molar-refractivity contribution in [1.82, 2.24) is 0 Å². The van der Waals surface area contributed by atoms with Gasteiger partial charge in [-0.05, 0) is 42.6 Å². The average molecular weight is 197 g/mol. The molecule has 0 amide bonds. The normalized spacial score (nSPS) is 27.6. The van der Waals surface area contributed by atoms with Crippen LogP contribution in [0, 0.1) is 16.7 Å². The van der Waals surface area contributed by atoms with E-state index in [1.165, 1.54) is 32.1 Å². The quantitative estimate of drug-likeness (QED) is 0.735. The molecule has 1 unspecified atom stereocenters. The lowest BCUT2D eigenvalue weighted by Crippen LogP contribution is -2.30. The van der Waals surface area contributed by atoms with Crippen molar-refractivity contribution in [2.24, 2.45) is 22.5 Å². The zero-order valence-electron chi connectivity index (χ0n) is 10.4. The van der Waals surface area contributed by atoms with E-state index in [9.17, 15) is 0 Å². The Hall–Kier alpha value is -0.0400. The van der Waals surface area contributed by atoms with Gasteiger partial charge in [0.1, 0.15) is 0 Å². The van der Waals surface area contributed by atoms with Crippen molar-refractivity contribution in [1.29, 1.82) is 0 Å². The van der Waals surface area contributed by atoms with Crippen LogP contribution in [0.15, 0.2) is 0 Å². The lowest BCUT2D eigenvalue weighted by molar-refractivity contribution is 0.138. The summed E-state index contributed by atoms with van der Waals surface area (Å²) < 4.78 is 0. The summed E-state index contributed by atoms with van der Waals surface area (Å²) in [7, 11) is 0. The molecule has 1 aliphatic rings. The van der Waals surface area contributed by atoms with Crippen LogP contribution in [-0.2, 0) is 0 Å². The fraction of sp³-hybridized carbons (Fsp3) is 1.00. The Kier molecular flexibility index (Phi) is 3.63. The topological polar surface area (TPSA) is 26.0 Å². The maximum absolute atomic E-state index is 5.79. The van der Waals surface area contributed by atoms with Crippen molar-refractivity contribution in [2.75, 3.05) is 6.54 Å². The van der Waals surface area contributed by atoms with E-state index in [4.69, 9.17) is 5.73 Å². The van der Waals surface area contributed by atoms with E-state index < -0.39 is 0 Å². The fourth-order valence-corrected chi connectivity index (χ4v) is 2.89. The third kappa shape index (κ3) is 3.61. The van der Waals surface area contributed by atoms with E-state index >= 15 is 0 Å². The van der Waals surface area contributed by atoms with E-state index in [-0.39, 0.29) is 0 Å². The molecule has 1 fully saturated rings. The van der Waals surface area contributed by atoms with Gasteiger partial charge in [-0.2, -0.15) is 0 Å². The molecular weight excluding hydrogens is 170 g/mol. The zero-order chi connectivity index (χ0) is 10.8. The molecule has 0 aliphatic heterocycles. The molecule has 0 spiro atoms. The van der Waals surface area contributed by atoms with Gasteiger partial charge in [0.25, 0.3) is 0 Å². The molecule has 1 atom stereocenters. The van der Waals surface area contributed by atoms with Gasteiger partial charge in [-0.3, -0.25) is 0 Å². The molecule has 0 aromatic rings. The standard InChI is InChI=1S/C13H27N/c1-12(2)7-5-6-11(8-12)9-13(3,4)10-14/h11H,5-10,14H2,1-4H3. The van der Waals surface area contributed by atoms with Crippen LogP contribution in [0.5, 0.6) is 0 Å². The van der Waals surface area contributed by atoms with Gasteiger partial charge in [0, 0.05) is 0 Å². The third-order valence-corrected chi connectivity index (χ3v) is 3.70. The molecular formula is C13H27N. The third-order valence-electron chi connectivity index (χ3n) is 3.70. The smallest absolute Gasteiger partial charge is 0.00257 e. The Balaban J connectivity index is 2.46. The van der Waals surface area contributed by atoms with Gasteiger partial charge < -0.3 is 5.73 Å². The summed E-state index contributed by atoms with van der Waals surface area (Å²) in [6, 6.07) is 0. The molecule has 1 saturated carbocycles.